The molecule has 0 radical (unpaired) electrons. The number of nitrogens with zero attached hydrogens (tertiary/aromatic N) is 2. The van der Waals surface area contributed by atoms with Crippen LogP contribution in [0.5, 0.6) is 0 Å². The van der Waals surface area contributed by atoms with Gasteiger partial charge in [0.1, 0.15) is 5.00 Å². The first-order chi connectivity index (χ1) is 16.5. The number of amides is 1. The van der Waals surface area contributed by atoms with Gasteiger partial charge >= 0.3 is 5.97 Å². The molecule has 1 saturated heterocycles. The first kappa shape index (κ1) is 24.1. The Morgan fingerprint density at radius 2 is 1.88 bits per heavy atom. The van der Waals surface area contributed by atoms with E-state index in [2.05, 4.69) is 35.1 Å². The second-order valence-corrected chi connectivity index (χ2v) is 9.82. The van der Waals surface area contributed by atoms with E-state index in [1.54, 1.807) is 17.5 Å². The van der Waals surface area contributed by atoms with Gasteiger partial charge in [0.15, 0.2) is 0 Å². The van der Waals surface area contributed by atoms with E-state index in [1.807, 2.05) is 49.5 Å². The molecule has 0 bridgehead atoms. The number of piperidine rings is 1. The zero-order valence-electron chi connectivity index (χ0n) is 19.9. The highest BCUT2D eigenvalue weighted by atomic mass is 32.1. The third-order valence-corrected chi connectivity index (χ3v) is 7.62. The Bertz CT molecular complexity index is 1120. The van der Waals surface area contributed by atoms with Crippen LogP contribution in [0.25, 0.3) is 0 Å². The molecule has 1 aromatic carbocycles. The number of aromatic nitrogens is 1. The number of anilines is 1. The normalized spacial score (nSPS) is 15.6. The van der Waals surface area contributed by atoms with E-state index >= 15 is 0 Å². The van der Waals surface area contributed by atoms with Crippen molar-refractivity contribution in [2.24, 2.45) is 5.92 Å². The maximum atomic E-state index is 13.0. The van der Waals surface area contributed by atoms with Gasteiger partial charge in [0, 0.05) is 28.4 Å². The number of likely N-dealkylation sites (tertiary alicyclic amines) is 1. The van der Waals surface area contributed by atoms with Gasteiger partial charge in [0.25, 0.3) is 5.91 Å². The molecular formula is C27H31N3O3S. The first-order valence-corrected chi connectivity index (χ1v) is 12.6. The molecule has 1 N–H and O–H groups in total. The summed E-state index contributed by atoms with van der Waals surface area (Å²) in [6.45, 7) is 8.00. The predicted octanol–water partition coefficient (Wildman–Crippen LogP) is 5.38. The molecule has 7 heteroatoms. The molecule has 3 heterocycles. The van der Waals surface area contributed by atoms with E-state index in [4.69, 9.17) is 4.74 Å². The molecule has 178 valence electrons. The average Bonchev–Trinajstić information content (AvgIpc) is 3.14. The molecule has 1 amide bonds. The van der Waals surface area contributed by atoms with Crippen molar-refractivity contribution < 1.29 is 14.3 Å². The molecule has 1 unspecified atom stereocenters. The number of carbonyl (C=O) groups excluding carboxylic acids is 2. The zero-order valence-corrected chi connectivity index (χ0v) is 20.7. The number of hydrogen-bond donors (Lipinski definition) is 1. The number of nitrogens with one attached hydrogen (secondary N) is 1. The van der Waals surface area contributed by atoms with Crippen LogP contribution >= 0.6 is 11.3 Å². The van der Waals surface area contributed by atoms with Crippen LogP contribution in [0, 0.1) is 19.8 Å². The molecule has 1 aliphatic heterocycles. The molecule has 4 rings (SSSR count). The van der Waals surface area contributed by atoms with Crippen molar-refractivity contribution in [1.82, 2.24) is 9.88 Å². The highest BCUT2D eigenvalue weighted by Gasteiger charge is 2.34. The van der Waals surface area contributed by atoms with Crippen molar-refractivity contribution in [3.05, 3.63) is 82.0 Å². The van der Waals surface area contributed by atoms with Crippen LogP contribution in [0.1, 0.15) is 57.7 Å². The third-order valence-electron chi connectivity index (χ3n) is 6.48. The predicted molar refractivity (Wildman–Crippen MR) is 135 cm³/mol. The molecule has 1 atom stereocenters. The first-order valence-electron chi connectivity index (χ1n) is 11.8. The van der Waals surface area contributed by atoms with Gasteiger partial charge in [-0.15, -0.1) is 11.3 Å². The monoisotopic (exact) mass is 477 g/mol. The standard InChI is InChI=1S/C27H31N3O3S/c1-4-33-27(32)21-12-15-30(16-13-21)24(22-11-8-14-28-17-22)23-18(2)19(3)34-26(23)29-25(31)20-9-6-5-7-10-20/h5-11,14,17,21,24H,4,12-13,15-16H2,1-3H3,(H,29,31). The Kier molecular flexibility index (Phi) is 7.75. The lowest BCUT2D eigenvalue weighted by Gasteiger charge is -2.37. The number of pyridine rings is 1. The minimum atomic E-state index is -0.117. The van der Waals surface area contributed by atoms with Crippen molar-refractivity contribution in [3.8, 4) is 0 Å². The summed E-state index contributed by atoms with van der Waals surface area (Å²) in [6.07, 6.45) is 5.18. The summed E-state index contributed by atoms with van der Waals surface area (Å²) >= 11 is 1.61. The fourth-order valence-electron chi connectivity index (χ4n) is 4.58. The molecule has 0 spiro atoms. The third kappa shape index (κ3) is 5.21. The van der Waals surface area contributed by atoms with E-state index < -0.39 is 0 Å². The molecular weight excluding hydrogens is 446 g/mol. The Morgan fingerprint density at radius 1 is 1.15 bits per heavy atom. The second kappa shape index (κ2) is 10.9. The molecule has 1 fully saturated rings. The number of carbonyl (C=O) groups is 2. The van der Waals surface area contributed by atoms with E-state index in [-0.39, 0.29) is 23.8 Å². The van der Waals surface area contributed by atoms with Gasteiger partial charge < -0.3 is 10.1 Å². The van der Waals surface area contributed by atoms with E-state index in [0.29, 0.717) is 12.2 Å². The second-order valence-electron chi connectivity index (χ2n) is 8.60. The van der Waals surface area contributed by atoms with Crippen LogP contribution in [0.4, 0.5) is 5.00 Å². The van der Waals surface area contributed by atoms with Crippen LogP contribution < -0.4 is 5.32 Å². The van der Waals surface area contributed by atoms with Crippen molar-refractivity contribution in [3.63, 3.8) is 0 Å². The summed E-state index contributed by atoms with van der Waals surface area (Å²) in [7, 11) is 0. The van der Waals surface area contributed by atoms with Crippen LogP contribution in [0.3, 0.4) is 0 Å². The van der Waals surface area contributed by atoms with Crippen LogP contribution in [0.15, 0.2) is 54.9 Å². The number of rotatable bonds is 7. The van der Waals surface area contributed by atoms with Gasteiger partial charge in [-0.25, -0.2) is 0 Å². The summed E-state index contributed by atoms with van der Waals surface area (Å²) in [4.78, 5) is 33.3. The van der Waals surface area contributed by atoms with Gasteiger partial charge in [-0.3, -0.25) is 19.5 Å². The fourth-order valence-corrected chi connectivity index (χ4v) is 5.67. The summed E-state index contributed by atoms with van der Waals surface area (Å²) < 4.78 is 5.26. The van der Waals surface area contributed by atoms with E-state index in [9.17, 15) is 9.59 Å². The quantitative estimate of drug-likeness (QED) is 0.463. The lowest BCUT2D eigenvalue weighted by molar-refractivity contribution is -0.149. The molecule has 34 heavy (non-hydrogen) atoms. The van der Waals surface area contributed by atoms with Gasteiger partial charge in [-0.05, 0) is 76.0 Å². The number of ether oxygens (including phenoxy) is 1. The SMILES string of the molecule is CCOC(=O)C1CCN(C(c2cccnc2)c2c(NC(=O)c3ccccc3)sc(C)c2C)CC1. The minimum Gasteiger partial charge on any atom is -0.466 e. The van der Waals surface area contributed by atoms with Gasteiger partial charge in [-0.2, -0.15) is 0 Å². The molecule has 0 aliphatic carbocycles. The summed E-state index contributed by atoms with van der Waals surface area (Å²) in [5.74, 6) is -0.277. The molecule has 0 saturated carbocycles. The molecule has 2 aromatic heterocycles. The molecule has 1 aliphatic rings. The Morgan fingerprint density at radius 3 is 2.53 bits per heavy atom. The van der Waals surface area contributed by atoms with Crippen LogP contribution in [0.2, 0.25) is 0 Å². The summed E-state index contributed by atoms with van der Waals surface area (Å²) in [5, 5.41) is 4.05. The zero-order chi connectivity index (χ0) is 24.1. The van der Waals surface area contributed by atoms with Gasteiger partial charge in [0.05, 0.1) is 18.6 Å². The van der Waals surface area contributed by atoms with Crippen molar-refractivity contribution in [2.75, 3.05) is 25.0 Å². The molecule has 6 nitrogen and oxygen atoms in total. The van der Waals surface area contributed by atoms with Crippen molar-refractivity contribution in [2.45, 2.75) is 39.7 Å². The number of esters is 1. The van der Waals surface area contributed by atoms with Crippen LogP contribution in [-0.2, 0) is 9.53 Å². The van der Waals surface area contributed by atoms with Crippen LogP contribution in [-0.4, -0.2) is 41.5 Å². The Labute approximate surface area is 205 Å². The number of thiophene rings is 1. The average molecular weight is 478 g/mol. The minimum absolute atomic E-state index is 0.0618. The number of benzene rings is 1. The topological polar surface area (TPSA) is 71.5 Å². The van der Waals surface area contributed by atoms with Gasteiger partial charge in [-0.1, -0.05) is 24.3 Å². The highest BCUT2D eigenvalue weighted by molar-refractivity contribution is 7.16. The lowest BCUT2D eigenvalue weighted by atomic mass is 9.91. The number of aryl methyl sites for hydroxylation is 1. The smallest absolute Gasteiger partial charge is 0.309 e. The highest BCUT2D eigenvalue weighted by Crippen LogP contribution is 2.43. The molecule has 3 aromatic rings. The fraction of sp³-hybridized carbons (Fsp3) is 0.370. The maximum absolute atomic E-state index is 13.0. The van der Waals surface area contributed by atoms with Crippen molar-refractivity contribution in [1.29, 1.82) is 0 Å². The van der Waals surface area contributed by atoms with Gasteiger partial charge in [0.2, 0.25) is 0 Å². The Hall–Kier alpha value is -3.03. The lowest BCUT2D eigenvalue weighted by Crippen LogP contribution is -2.40. The number of hydrogen-bond acceptors (Lipinski definition) is 6. The van der Waals surface area contributed by atoms with E-state index in [0.717, 1.165) is 42.1 Å². The van der Waals surface area contributed by atoms with Crippen molar-refractivity contribution >= 4 is 28.2 Å². The summed E-state index contributed by atoms with van der Waals surface area (Å²) in [5.41, 5.74) is 3.99. The Balaban J connectivity index is 1.67. The maximum Gasteiger partial charge on any atom is 0.309 e. The largest absolute Gasteiger partial charge is 0.466 e. The summed E-state index contributed by atoms with van der Waals surface area (Å²) in [6, 6.07) is 13.3. The van der Waals surface area contributed by atoms with E-state index in [1.165, 1.54) is 10.4 Å².